The molecule has 0 amide bonds. The lowest BCUT2D eigenvalue weighted by molar-refractivity contribution is -0.0426. The van der Waals surface area contributed by atoms with Gasteiger partial charge in [0.2, 0.25) is 0 Å². The summed E-state index contributed by atoms with van der Waals surface area (Å²) in [5.41, 5.74) is 0.175. The molecule has 92 valence electrons. The number of halogens is 1. The molecule has 1 heterocycles. The number of Topliss-reactive ketones (excluding diaryl/α,β-unsaturated/α-hetero) is 1. The summed E-state index contributed by atoms with van der Waals surface area (Å²) >= 11 is 0. The number of carbonyl (C=O) groups is 1. The maximum absolute atomic E-state index is 13.4. The molecule has 1 aromatic rings. The van der Waals surface area contributed by atoms with E-state index in [9.17, 15) is 9.18 Å². The van der Waals surface area contributed by atoms with Crippen LogP contribution < -0.4 is 0 Å². The fraction of sp³-hybridized carbons (Fsp3) is 0.500. The van der Waals surface area contributed by atoms with Crippen LogP contribution in [0.15, 0.2) is 18.2 Å². The zero-order chi connectivity index (χ0) is 12.5. The van der Waals surface area contributed by atoms with Gasteiger partial charge in [-0.3, -0.25) is 4.79 Å². The van der Waals surface area contributed by atoms with Crippen LogP contribution in [0.1, 0.15) is 42.1 Å². The van der Waals surface area contributed by atoms with Gasteiger partial charge in [-0.2, -0.15) is 0 Å². The first-order chi connectivity index (χ1) is 8.03. The van der Waals surface area contributed by atoms with Crippen LogP contribution in [0.2, 0.25) is 0 Å². The van der Waals surface area contributed by atoms with Crippen molar-refractivity contribution in [3.63, 3.8) is 0 Å². The molecule has 0 aliphatic carbocycles. The van der Waals surface area contributed by atoms with Gasteiger partial charge < -0.3 is 4.74 Å². The second kappa shape index (κ2) is 4.57. The molecule has 0 aromatic heterocycles. The monoisotopic (exact) mass is 236 g/mol. The summed E-state index contributed by atoms with van der Waals surface area (Å²) in [6.45, 7) is 4.09. The van der Waals surface area contributed by atoms with Crippen molar-refractivity contribution in [3.05, 3.63) is 35.1 Å². The molecule has 1 saturated heterocycles. The van der Waals surface area contributed by atoms with E-state index in [4.69, 9.17) is 4.74 Å². The van der Waals surface area contributed by atoms with E-state index in [1.165, 1.54) is 6.07 Å². The molecule has 1 aromatic carbocycles. The molecule has 1 unspecified atom stereocenters. The van der Waals surface area contributed by atoms with Gasteiger partial charge in [0, 0.05) is 12.2 Å². The van der Waals surface area contributed by atoms with Gasteiger partial charge in [-0.15, -0.1) is 0 Å². The molecule has 1 atom stereocenters. The third-order valence-corrected chi connectivity index (χ3v) is 3.38. The third kappa shape index (κ3) is 2.39. The summed E-state index contributed by atoms with van der Waals surface area (Å²) in [4.78, 5) is 12.3. The molecule has 0 radical (unpaired) electrons. The highest BCUT2D eigenvalue weighted by Crippen LogP contribution is 2.28. The minimum Gasteiger partial charge on any atom is -0.367 e. The Labute approximate surface area is 101 Å². The van der Waals surface area contributed by atoms with Gasteiger partial charge >= 0.3 is 0 Å². The van der Waals surface area contributed by atoms with Crippen LogP contribution in [0.3, 0.4) is 0 Å². The number of rotatable bonds is 2. The van der Waals surface area contributed by atoms with E-state index in [1.54, 1.807) is 26.0 Å². The number of benzene rings is 1. The Morgan fingerprint density at radius 3 is 2.76 bits per heavy atom. The Bertz CT molecular complexity index is 434. The topological polar surface area (TPSA) is 26.3 Å². The third-order valence-electron chi connectivity index (χ3n) is 3.38. The van der Waals surface area contributed by atoms with E-state index in [1.807, 2.05) is 0 Å². The fourth-order valence-corrected chi connectivity index (χ4v) is 2.15. The molecule has 3 heteroatoms. The summed E-state index contributed by atoms with van der Waals surface area (Å²) in [6.07, 6.45) is 2.68. The summed E-state index contributed by atoms with van der Waals surface area (Å²) in [7, 11) is 0. The van der Waals surface area contributed by atoms with Crippen molar-refractivity contribution >= 4 is 5.78 Å². The Kier molecular flexibility index (Phi) is 3.29. The molecule has 1 aliphatic heterocycles. The summed E-state index contributed by atoms with van der Waals surface area (Å²) in [5.74, 6) is -0.452. The molecule has 0 bridgehead atoms. The highest BCUT2D eigenvalue weighted by molar-refractivity contribution is 6.02. The Morgan fingerprint density at radius 1 is 1.41 bits per heavy atom. The van der Waals surface area contributed by atoms with Crippen molar-refractivity contribution in [1.82, 2.24) is 0 Å². The average molecular weight is 236 g/mol. The summed E-state index contributed by atoms with van der Waals surface area (Å²) in [6, 6.07) is 4.61. The molecule has 2 nitrogen and oxygen atoms in total. The zero-order valence-electron chi connectivity index (χ0n) is 10.3. The molecule has 1 aliphatic rings. The van der Waals surface area contributed by atoms with Gasteiger partial charge in [-0.1, -0.05) is 12.1 Å². The van der Waals surface area contributed by atoms with Gasteiger partial charge in [0.05, 0.1) is 0 Å². The van der Waals surface area contributed by atoms with Crippen molar-refractivity contribution in [2.24, 2.45) is 0 Å². The first kappa shape index (κ1) is 12.2. The largest absolute Gasteiger partial charge is 0.367 e. The molecule has 0 spiro atoms. The lowest BCUT2D eigenvalue weighted by Gasteiger charge is -2.32. The highest BCUT2D eigenvalue weighted by Gasteiger charge is 2.36. The second-order valence-corrected chi connectivity index (χ2v) is 4.83. The number of carbonyl (C=O) groups excluding carboxylic acids is 1. The number of ketones is 1. The van der Waals surface area contributed by atoms with Crippen LogP contribution in [-0.4, -0.2) is 18.0 Å². The lowest BCUT2D eigenvalue weighted by atomic mass is 9.87. The predicted molar refractivity (Wildman–Crippen MR) is 63.7 cm³/mol. The molecule has 2 rings (SSSR count). The van der Waals surface area contributed by atoms with Gasteiger partial charge in [-0.05, 0) is 44.7 Å². The van der Waals surface area contributed by atoms with Crippen LogP contribution in [0.5, 0.6) is 0 Å². The van der Waals surface area contributed by atoms with Crippen molar-refractivity contribution in [1.29, 1.82) is 0 Å². The van der Waals surface area contributed by atoms with E-state index >= 15 is 0 Å². The van der Waals surface area contributed by atoms with E-state index in [0.717, 1.165) is 12.8 Å². The average Bonchev–Trinajstić information content (AvgIpc) is 2.33. The van der Waals surface area contributed by atoms with Crippen LogP contribution >= 0.6 is 0 Å². The van der Waals surface area contributed by atoms with Gasteiger partial charge in [0.25, 0.3) is 0 Å². The minimum absolute atomic E-state index is 0.115. The van der Waals surface area contributed by atoms with Gasteiger partial charge in [0.1, 0.15) is 11.4 Å². The molecule has 17 heavy (non-hydrogen) atoms. The number of ether oxygens (including phenoxy) is 1. The van der Waals surface area contributed by atoms with E-state index in [-0.39, 0.29) is 11.6 Å². The smallest absolute Gasteiger partial charge is 0.194 e. The molecule has 0 saturated carbocycles. The van der Waals surface area contributed by atoms with E-state index < -0.39 is 5.60 Å². The minimum atomic E-state index is -0.778. The molecular weight excluding hydrogens is 219 g/mol. The van der Waals surface area contributed by atoms with Gasteiger partial charge in [0.15, 0.2) is 5.78 Å². The van der Waals surface area contributed by atoms with Crippen LogP contribution in [0, 0.1) is 12.7 Å². The zero-order valence-corrected chi connectivity index (χ0v) is 10.3. The molecule has 1 fully saturated rings. The van der Waals surface area contributed by atoms with Gasteiger partial charge in [-0.25, -0.2) is 4.39 Å². The first-order valence-electron chi connectivity index (χ1n) is 5.98. The Morgan fingerprint density at radius 2 is 2.18 bits per heavy atom. The van der Waals surface area contributed by atoms with Crippen molar-refractivity contribution < 1.29 is 13.9 Å². The number of hydrogen-bond acceptors (Lipinski definition) is 2. The highest BCUT2D eigenvalue weighted by atomic mass is 19.1. The van der Waals surface area contributed by atoms with Crippen LogP contribution in [-0.2, 0) is 4.74 Å². The van der Waals surface area contributed by atoms with Crippen molar-refractivity contribution in [2.45, 2.75) is 38.7 Å². The SMILES string of the molecule is Cc1ccc(C(=O)C2(C)CCCCO2)cc1F. The quantitative estimate of drug-likeness (QED) is 0.737. The fourth-order valence-electron chi connectivity index (χ4n) is 2.15. The van der Waals surface area contributed by atoms with Crippen molar-refractivity contribution in [3.8, 4) is 0 Å². The molecule has 0 N–H and O–H groups in total. The predicted octanol–water partition coefficient (Wildman–Crippen LogP) is 3.28. The van der Waals surface area contributed by atoms with Crippen LogP contribution in [0.25, 0.3) is 0 Å². The number of hydrogen-bond donors (Lipinski definition) is 0. The summed E-state index contributed by atoms with van der Waals surface area (Å²) < 4.78 is 19.0. The first-order valence-corrected chi connectivity index (χ1v) is 5.98. The summed E-state index contributed by atoms with van der Waals surface area (Å²) in [5, 5.41) is 0. The molecular formula is C14H17FO2. The Balaban J connectivity index is 2.26. The van der Waals surface area contributed by atoms with E-state index in [0.29, 0.717) is 24.2 Å². The lowest BCUT2D eigenvalue weighted by Crippen LogP contribution is -2.41. The number of aryl methyl sites for hydroxylation is 1. The Hall–Kier alpha value is -1.22. The van der Waals surface area contributed by atoms with Crippen molar-refractivity contribution in [2.75, 3.05) is 6.61 Å². The maximum Gasteiger partial charge on any atom is 0.194 e. The maximum atomic E-state index is 13.4. The van der Waals surface area contributed by atoms with Crippen LogP contribution in [0.4, 0.5) is 4.39 Å². The van der Waals surface area contributed by atoms with E-state index in [2.05, 4.69) is 0 Å². The second-order valence-electron chi connectivity index (χ2n) is 4.83. The standard InChI is InChI=1S/C14H17FO2/c1-10-5-6-11(9-12(10)15)13(16)14(2)7-3-4-8-17-14/h5-6,9H,3-4,7-8H2,1-2H3. The normalized spacial score (nSPS) is 24.6.